The average molecular weight is 421 g/mol. The number of rotatable bonds is 2. The molecule has 4 heterocycles. The Morgan fingerprint density at radius 3 is 2.52 bits per heavy atom. The molecule has 0 spiro atoms. The van der Waals surface area contributed by atoms with E-state index >= 15 is 0 Å². The number of piperazine rings is 1. The van der Waals surface area contributed by atoms with E-state index in [0.29, 0.717) is 43.4 Å². The molecule has 0 radical (unpaired) electrons. The standard InChI is InChI=1S/C20H19N7O4/c1-25-19(30)16-14(17(28)24-25)23-13-5-2-4-12(15(13)31-16)18(29)26-8-10-27(11-9-26)20-21-6-3-7-22-20/h2-7,23H,8-11H2,1H3,(H,24,28). The van der Waals surface area contributed by atoms with E-state index in [4.69, 9.17) is 4.74 Å². The second kappa shape index (κ2) is 7.27. The van der Waals surface area contributed by atoms with Gasteiger partial charge in [-0.3, -0.25) is 24.2 Å². The van der Waals surface area contributed by atoms with Gasteiger partial charge in [0.1, 0.15) is 0 Å². The maximum Gasteiger partial charge on any atom is 0.310 e. The number of hydrogen-bond donors (Lipinski definition) is 2. The summed E-state index contributed by atoms with van der Waals surface area (Å²) in [4.78, 5) is 50.2. The van der Waals surface area contributed by atoms with Crippen molar-refractivity contribution in [2.45, 2.75) is 0 Å². The van der Waals surface area contributed by atoms with E-state index < -0.39 is 11.1 Å². The molecule has 11 nitrogen and oxygen atoms in total. The van der Waals surface area contributed by atoms with Crippen molar-refractivity contribution >= 4 is 23.2 Å². The third kappa shape index (κ3) is 3.19. The fourth-order valence-electron chi connectivity index (χ4n) is 3.71. The fraction of sp³-hybridized carbons (Fsp3) is 0.250. The third-order valence-electron chi connectivity index (χ3n) is 5.33. The largest absolute Gasteiger partial charge is 0.446 e. The van der Waals surface area contributed by atoms with Crippen LogP contribution in [0.15, 0.2) is 46.2 Å². The lowest BCUT2D eigenvalue weighted by Gasteiger charge is -2.35. The Hall–Kier alpha value is -4.15. The Kier molecular flexibility index (Phi) is 4.42. The predicted octanol–water partition coefficient (Wildman–Crippen LogP) is 0.675. The topological polar surface area (TPSA) is 125 Å². The molecule has 11 heteroatoms. The molecule has 31 heavy (non-hydrogen) atoms. The van der Waals surface area contributed by atoms with Gasteiger partial charge in [-0.1, -0.05) is 6.07 Å². The van der Waals surface area contributed by atoms with E-state index in [1.165, 1.54) is 7.05 Å². The van der Waals surface area contributed by atoms with E-state index in [9.17, 15) is 14.4 Å². The minimum Gasteiger partial charge on any atom is -0.446 e. The lowest BCUT2D eigenvalue weighted by Crippen LogP contribution is -2.49. The molecule has 2 N–H and O–H groups in total. The van der Waals surface area contributed by atoms with Gasteiger partial charge < -0.3 is 19.9 Å². The Morgan fingerprint density at radius 2 is 1.77 bits per heavy atom. The van der Waals surface area contributed by atoms with Gasteiger partial charge in [-0.05, 0) is 18.2 Å². The minimum absolute atomic E-state index is 0.0247. The number of hydrogen-bond acceptors (Lipinski definition) is 8. The molecule has 0 saturated carbocycles. The number of anilines is 3. The second-order valence-electron chi connectivity index (χ2n) is 7.25. The highest BCUT2D eigenvalue weighted by molar-refractivity contribution is 6.00. The van der Waals surface area contributed by atoms with Crippen LogP contribution in [0.4, 0.5) is 17.3 Å². The number of ether oxygens (including phenoxy) is 1. The number of aryl methyl sites for hydroxylation is 1. The first-order chi connectivity index (χ1) is 15.0. The van der Waals surface area contributed by atoms with Crippen molar-refractivity contribution in [2.75, 3.05) is 36.4 Å². The number of fused-ring (bicyclic) bond motifs is 2. The quantitative estimate of drug-likeness (QED) is 0.484. The smallest absolute Gasteiger partial charge is 0.310 e. The van der Waals surface area contributed by atoms with Crippen molar-refractivity contribution in [3.8, 4) is 11.5 Å². The fourth-order valence-corrected chi connectivity index (χ4v) is 3.71. The Morgan fingerprint density at radius 1 is 1.03 bits per heavy atom. The maximum absolute atomic E-state index is 13.3. The summed E-state index contributed by atoms with van der Waals surface area (Å²) in [5.41, 5.74) is -0.197. The number of benzene rings is 1. The summed E-state index contributed by atoms with van der Waals surface area (Å²) in [6, 6.07) is 6.81. The average Bonchev–Trinajstić information content (AvgIpc) is 2.81. The van der Waals surface area contributed by atoms with E-state index in [2.05, 4.69) is 20.4 Å². The van der Waals surface area contributed by atoms with Crippen LogP contribution in [0.5, 0.6) is 11.5 Å². The second-order valence-corrected chi connectivity index (χ2v) is 7.25. The zero-order chi connectivity index (χ0) is 21.5. The molecule has 158 valence electrons. The van der Waals surface area contributed by atoms with Gasteiger partial charge in [-0.25, -0.2) is 9.97 Å². The van der Waals surface area contributed by atoms with Crippen LogP contribution in [0.1, 0.15) is 10.4 Å². The number of nitrogens with one attached hydrogen (secondary N) is 2. The number of amides is 1. The summed E-state index contributed by atoms with van der Waals surface area (Å²) in [5, 5.41) is 5.35. The van der Waals surface area contributed by atoms with Crippen molar-refractivity contribution in [2.24, 2.45) is 7.05 Å². The van der Waals surface area contributed by atoms with Gasteiger partial charge in [0, 0.05) is 45.6 Å². The first kappa shape index (κ1) is 18.9. The monoisotopic (exact) mass is 421 g/mol. The van der Waals surface area contributed by atoms with Gasteiger partial charge in [0.2, 0.25) is 11.7 Å². The van der Waals surface area contributed by atoms with Crippen LogP contribution in [0, 0.1) is 0 Å². The summed E-state index contributed by atoms with van der Waals surface area (Å²) < 4.78 is 6.85. The van der Waals surface area contributed by atoms with Crippen molar-refractivity contribution in [3.05, 3.63) is 62.9 Å². The van der Waals surface area contributed by atoms with Gasteiger partial charge in [-0.2, -0.15) is 0 Å². The maximum atomic E-state index is 13.3. The lowest BCUT2D eigenvalue weighted by atomic mass is 10.1. The highest BCUT2D eigenvalue weighted by Gasteiger charge is 2.30. The molecular formula is C20H19N7O4. The van der Waals surface area contributed by atoms with Crippen molar-refractivity contribution in [3.63, 3.8) is 0 Å². The third-order valence-corrected chi connectivity index (χ3v) is 5.33. The van der Waals surface area contributed by atoms with Gasteiger partial charge in [0.05, 0.1) is 11.3 Å². The number of para-hydroxylation sites is 1. The molecule has 0 atom stereocenters. The van der Waals surface area contributed by atoms with Crippen LogP contribution in [-0.4, -0.2) is 56.7 Å². The van der Waals surface area contributed by atoms with Gasteiger partial charge >= 0.3 is 5.56 Å². The summed E-state index contributed by atoms with van der Waals surface area (Å²) in [6.45, 7) is 2.18. The van der Waals surface area contributed by atoms with Crippen LogP contribution in [-0.2, 0) is 7.05 Å². The van der Waals surface area contributed by atoms with Crippen molar-refractivity contribution in [1.82, 2.24) is 24.6 Å². The first-order valence-electron chi connectivity index (χ1n) is 9.75. The molecule has 1 saturated heterocycles. The highest BCUT2D eigenvalue weighted by atomic mass is 16.5. The van der Waals surface area contributed by atoms with Gasteiger partial charge in [0.25, 0.3) is 11.5 Å². The molecule has 0 aliphatic carbocycles. The van der Waals surface area contributed by atoms with Crippen LogP contribution < -0.4 is 26.1 Å². The van der Waals surface area contributed by atoms with Crippen LogP contribution in [0.25, 0.3) is 0 Å². The molecular weight excluding hydrogens is 402 g/mol. The number of carbonyl (C=O) groups excluding carboxylic acids is 1. The number of nitrogens with zero attached hydrogens (tertiary/aromatic N) is 5. The van der Waals surface area contributed by atoms with Gasteiger partial charge in [0.15, 0.2) is 11.4 Å². The van der Waals surface area contributed by atoms with E-state index in [-0.39, 0.29) is 23.1 Å². The summed E-state index contributed by atoms with van der Waals surface area (Å²) in [5.74, 6) is 0.524. The van der Waals surface area contributed by atoms with Gasteiger partial charge in [-0.15, -0.1) is 0 Å². The molecule has 0 bridgehead atoms. The van der Waals surface area contributed by atoms with Crippen LogP contribution in [0.2, 0.25) is 0 Å². The molecule has 3 aromatic rings. The lowest BCUT2D eigenvalue weighted by molar-refractivity contribution is 0.0743. The van der Waals surface area contributed by atoms with E-state index in [0.717, 1.165) is 4.68 Å². The summed E-state index contributed by atoms with van der Waals surface area (Å²) >= 11 is 0. The predicted molar refractivity (Wildman–Crippen MR) is 112 cm³/mol. The summed E-state index contributed by atoms with van der Waals surface area (Å²) in [7, 11) is 1.43. The molecule has 2 aliphatic rings. The van der Waals surface area contributed by atoms with Crippen molar-refractivity contribution in [1.29, 1.82) is 0 Å². The number of aromatic amines is 1. The molecule has 2 aromatic heterocycles. The van der Waals surface area contributed by atoms with Crippen LogP contribution >= 0.6 is 0 Å². The molecule has 5 rings (SSSR count). The van der Waals surface area contributed by atoms with Crippen molar-refractivity contribution < 1.29 is 9.53 Å². The molecule has 1 amide bonds. The van der Waals surface area contributed by atoms with E-state index in [1.807, 2.05) is 4.90 Å². The zero-order valence-corrected chi connectivity index (χ0v) is 16.7. The Labute approximate surface area is 175 Å². The number of H-pyrrole nitrogens is 1. The molecule has 2 aliphatic heterocycles. The van der Waals surface area contributed by atoms with Crippen LogP contribution in [0.3, 0.4) is 0 Å². The Balaban J connectivity index is 1.41. The SMILES string of the molecule is Cn1[nH]c(=O)c2c(c1=O)Oc1c(cccc1C(=O)N1CCN(c3ncccn3)CC1)N2. The Bertz CT molecular complexity index is 1280. The minimum atomic E-state index is -0.508. The molecule has 0 unspecified atom stereocenters. The summed E-state index contributed by atoms with van der Waals surface area (Å²) in [6.07, 6.45) is 3.38. The first-order valence-corrected chi connectivity index (χ1v) is 9.75. The number of carbonyl (C=O) groups is 1. The molecule has 1 aromatic carbocycles. The highest BCUT2D eigenvalue weighted by Crippen LogP contribution is 2.40. The normalized spacial score (nSPS) is 14.9. The van der Waals surface area contributed by atoms with E-state index in [1.54, 1.807) is 41.6 Å². The number of aromatic nitrogens is 4. The zero-order valence-electron chi connectivity index (χ0n) is 16.7. The molecule has 1 fully saturated rings.